The Kier molecular flexibility index (Phi) is 17.7. The summed E-state index contributed by atoms with van der Waals surface area (Å²) in [5, 5.41) is 127. The van der Waals surface area contributed by atoms with E-state index >= 15 is 0 Å². The van der Waals surface area contributed by atoms with Crippen molar-refractivity contribution in [1.82, 2.24) is 40.6 Å². The molecule has 4 aliphatic rings. The van der Waals surface area contributed by atoms with Crippen molar-refractivity contribution in [1.29, 1.82) is 0 Å². The minimum absolute atomic E-state index is 0.0130. The highest BCUT2D eigenvalue weighted by Gasteiger charge is 2.53. The molecule has 2 aromatic heterocycles. The van der Waals surface area contributed by atoms with E-state index in [9.17, 15) is 65.4 Å². The van der Waals surface area contributed by atoms with Crippen LogP contribution in [-0.2, 0) is 56.0 Å². The second kappa shape index (κ2) is 23.4. The highest BCUT2D eigenvalue weighted by molar-refractivity contribution is 5.90. The van der Waals surface area contributed by atoms with Gasteiger partial charge in [0, 0.05) is 19.9 Å². The maximum atomic E-state index is 12.7. The molecule has 4 aliphatic heterocycles. The molecule has 72 heavy (non-hydrogen) atoms. The number of benzene rings is 1. The van der Waals surface area contributed by atoms with E-state index in [1.165, 1.54) is 65.4 Å². The number of rotatable bonds is 17. The van der Waals surface area contributed by atoms with Gasteiger partial charge in [0.2, 0.25) is 11.8 Å². The molecule has 1 aromatic carbocycles. The zero-order valence-electron chi connectivity index (χ0n) is 39.3. The van der Waals surface area contributed by atoms with Crippen LogP contribution >= 0.6 is 0 Å². The Morgan fingerprint density at radius 3 is 1.36 bits per heavy atom. The van der Waals surface area contributed by atoms with Crippen molar-refractivity contribution >= 4 is 17.8 Å². The monoisotopic (exact) mass is 1030 g/mol. The van der Waals surface area contributed by atoms with Gasteiger partial charge in [0.05, 0.1) is 50.5 Å². The highest BCUT2D eigenvalue weighted by atomic mass is 16.7. The second-order valence-electron chi connectivity index (χ2n) is 17.6. The van der Waals surface area contributed by atoms with Gasteiger partial charge in [-0.15, -0.1) is 10.2 Å². The quantitative estimate of drug-likeness (QED) is 0.0560. The maximum Gasteiger partial charge on any atom is 0.338 e. The molecule has 0 saturated carbocycles. The van der Waals surface area contributed by atoms with Crippen LogP contribution in [0.5, 0.6) is 11.5 Å². The average Bonchev–Trinajstić information content (AvgIpc) is 4.04. The van der Waals surface area contributed by atoms with E-state index in [0.29, 0.717) is 0 Å². The molecule has 30 nitrogen and oxygen atoms in total. The number of nitrogens with one attached hydrogen (secondary N) is 2. The van der Waals surface area contributed by atoms with Crippen molar-refractivity contribution in [3.63, 3.8) is 0 Å². The lowest BCUT2D eigenvalue weighted by Gasteiger charge is -2.47. The van der Waals surface area contributed by atoms with E-state index in [4.69, 9.17) is 42.6 Å². The third-order valence-electron chi connectivity index (χ3n) is 12.4. The molecule has 30 heteroatoms. The maximum absolute atomic E-state index is 12.7. The fraction of sp³-hybridized carbons (Fsp3) is 0.690. The van der Waals surface area contributed by atoms with Crippen LogP contribution in [0.15, 0.2) is 30.6 Å². The number of nitrogens with zero attached hydrogens (tertiary/aromatic N) is 6. The van der Waals surface area contributed by atoms with Crippen LogP contribution in [-0.4, -0.2) is 229 Å². The number of hydrogen-bond acceptors (Lipinski definition) is 26. The summed E-state index contributed by atoms with van der Waals surface area (Å²) < 4.78 is 53.9. The van der Waals surface area contributed by atoms with Gasteiger partial charge in [-0.2, -0.15) is 0 Å². The third kappa shape index (κ3) is 11.9. The number of carbonyl (C=O) groups excluding carboxylic acids is 3. The van der Waals surface area contributed by atoms with Gasteiger partial charge in [-0.05, 0) is 26.0 Å². The Balaban J connectivity index is 1.02. The Bertz CT molecular complexity index is 2170. The van der Waals surface area contributed by atoms with Crippen LogP contribution in [0.2, 0.25) is 0 Å². The minimum atomic E-state index is -1.75. The summed E-state index contributed by atoms with van der Waals surface area (Å²) in [6.07, 6.45) is -23.4. The van der Waals surface area contributed by atoms with E-state index < -0.39 is 154 Å². The summed E-state index contributed by atoms with van der Waals surface area (Å²) in [4.78, 5) is 37.4. The molecule has 6 heterocycles. The average molecular weight is 1030 g/mol. The standard InChI is InChI=1S/C42H60N8O22/c1-15-28(55)32(59)34(61)41(67-15)71-36-24(11-51)69-38(26(30(36)57)43-17(3)53)49-9-20(45-47-49)13-65-22-6-19(40(63)64-5)7-23(8-22)66-14-21-10-50(48-46-21)39-27(44-18(4)54)31(58)37(25(12-52)70-39)72-42-35(62)33(60)29(56)16(2)68-42/h6-10,15-16,24-39,41-42,51-52,55-62H,11-14H2,1-5H3,(H,43,53)(H,44,54)/t15-,16-,24+,25+,26+,27+,28+,29+,30+,31+,32+,33+,34-,35-,36+,37+,38+,39+,41?,42?/m0/s1. The SMILES string of the molecule is COC(=O)c1cc(OCc2cn([C@@H]3O[C@H](CO)[C@@H](OC4O[C@@H](C)[C@@H](O)[C@@H](O)[C@@H]4O)[C@H](O)[C@H]3NC(C)=O)nn2)cc(OCc2cn([C@@H]3O[C@H](CO)[C@@H](OC4O[C@@H](C)[C@@H](O)[C@@H](O)[C@@H]4O)[C@H](O)[C@H]3NC(C)=O)nn2)c1. The van der Waals surface area contributed by atoms with E-state index in [-0.39, 0.29) is 41.7 Å². The van der Waals surface area contributed by atoms with Gasteiger partial charge in [0.15, 0.2) is 25.0 Å². The van der Waals surface area contributed by atoms with Crippen LogP contribution in [0, 0.1) is 0 Å². The van der Waals surface area contributed by atoms with Crippen molar-refractivity contribution in [2.75, 3.05) is 20.3 Å². The zero-order chi connectivity index (χ0) is 52.3. The summed E-state index contributed by atoms with van der Waals surface area (Å²) in [6.45, 7) is 3.21. The first kappa shape index (κ1) is 54.6. The number of aliphatic hydroxyl groups is 10. The van der Waals surface area contributed by atoms with Gasteiger partial charge in [-0.25, -0.2) is 14.2 Å². The first-order valence-corrected chi connectivity index (χ1v) is 22.7. The van der Waals surface area contributed by atoms with E-state index in [0.717, 1.165) is 9.36 Å². The number of hydrogen-bond donors (Lipinski definition) is 12. The predicted molar refractivity (Wildman–Crippen MR) is 230 cm³/mol. The predicted octanol–water partition coefficient (Wildman–Crippen LogP) is -6.25. The Labute approximate surface area is 408 Å². The molecule has 4 fully saturated rings. The van der Waals surface area contributed by atoms with Gasteiger partial charge in [-0.1, -0.05) is 10.4 Å². The van der Waals surface area contributed by atoms with E-state index in [1.54, 1.807) is 0 Å². The van der Waals surface area contributed by atoms with Crippen molar-refractivity contribution in [2.45, 2.75) is 163 Å². The molecule has 2 amide bonds. The van der Waals surface area contributed by atoms with Gasteiger partial charge < -0.3 is 104 Å². The van der Waals surface area contributed by atoms with Gasteiger partial charge in [-0.3, -0.25) is 9.59 Å². The normalized spacial score (nSPS) is 37.1. The highest BCUT2D eigenvalue weighted by Crippen LogP contribution is 2.35. The van der Waals surface area contributed by atoms with Gasteiger partial charge in [0.1, 0.15) is 121 Å². The lowest BCUT2D eigenvalue weighted by atomic mass is 9.94. The molecule has 0 bridgehead atoms. The lowest BCUT2D eigenvalue weighted by molar-refractivity contribution is -0.335. The molecule has 4 saturated heterocycles. The summed E-state index contributed by atoms with van der Waals surface area (Å²) in [7, 11) is 1.17. The van der Waals surface area contributed by atoms with Crippen LogP contribution < -0.4 is 20.1 Å². The molecular weight excluding hydrogens is 968 g/mol. The minimum Gasteiger partial charge on any atom is -0.487 e. The summed E-state index contributed by atoms with van der Waals surface area (Å²) in [5.41, 5.74) is 0.371. The number of aliphatic hydroxyl groups excluding tert-OH is 10. The molecule has 3 aromatic rings. The first-order valence-electron chi connectivity index (χ1n) is 22.7. The molecular formula is C42H60N8O22. The molecule has 0 radical (unpaired) electrons. The summed E-state index contributed by atoms with van der Waals surface area (Å²) >= 11 is 0. The number of ether oxygens (including phenoxy) is 9. The van der Waals surface area contributed by atoms with Crippen LogP contribution in [0.25, 0.3) is 0 Å². The smallest absolute Gasteiger partial charge is 0.338 e. The van der Waals surface area contributed by atoms with Gasteiger partial charge >= 0.3 is 5.97 Å². The number of esters is 1. The molecule has 12 N–H and O–H groups in total. The number of aromatic nitrogens is 6. The summed E-state index contributed by atoms with van der Waals surface area (Å²) in [5.74, 6) is -1.76. The number of carbonyl (C=O) groups is 3. The van der Waals surface area contributed by atoms with Crippen molar-refractivity contribution in [2.24, 2.45) is 0 Å². The molecule has 20 atom stereocenters. The third-order valence-corrected chi connectivity index (χ3v) is 12.4. The molecule has 2 unspecified atom stereocenters. The van der Waals surface area contributed by atoms with Gasteiger partial charge in [0.25, 0.3) is 0 Å². The summed E-state index contributed by atoms with van der Waals surface area (Å²) in [6, 6.07) is 1.57. The molecule has 7 rings (SSSR count). The second-order valence-corrected chi connectivity index (χ2v) is 17.6. The fourth-order valence-corrected chi connectivity index (χ4v) is 8.59. The van der Waals surface area contributed by atoms with Crippen LogP contribution in [0.3, 0.4) is 0 Å². The fourth-order valence-electron chi connectivity index (χ4n) is 8.59. The molecule has 400 valence electrons. The zero-order valence-corrected chi connectivity index (χ0v) is 39.3. The van der Waals surface area contributed by atoms with Crippen molar-refractivity contribution in [3.05, 3.63) is 47.5 Å². The van der Waals surface area contributed by atoms with Crippen LogP contribution in [0.1, 0.15) is 61.9 Å². The van der Waals surface area contributed by atoms with E-state index in [1.807, 2.05) is 0 Å². The van der Waals surface area contributed by atoms with E-state index in [2.05, 4.69) is 31.3 Å². The largest absolute Gasteiger partial charge is 0.487 e. The topological polar surface area (TPSA) is 422 Å². The number of methoxy groups -OCH3 is 1. The molecule has 0 spiro atoms. The lowest BCUT2D eigenvalue weighted by Crippen LogP contribution is -2.65. The molecule has 0 aliphatic carbocycles. The first-order chi connectivity index (χ1) is 34.2. The van der Waals surface area contributed by atoms with Crippen molar-refractivity contribution in [3.8, 4) is 11.5 Å². The van der Waals surface area contributed by atoms with Crippen LogP contribution in [0.4, 0.5) is 0 Å². The Hall–Kier alpha value is -5.13. The Morgan fingerprint density at radius 2 is 1.00 bits per heavy atom. The number of amides is 2. The van der Waals surface area contributed by atoms with Crippen molar-refractivity contribution < 1.29 is 108 Å². The Morgan fingerprint density at radius 1 is 0.597 bits per heavy atom.